The van der Waals surface area contributed by atoms with Gasteiger partial charge in [0.05, 0.1) is 19.3 Å². The molecule has 2 rings (SSSR count). The molecule has 1 aromatic rings. The van der Waals surface area contributed by atoms with Crippen molar-refractivity contribution in [1.82, 2.24) is 0 Å². The molecule has 0 N–H and O–H groups in total. The molecule has 0 bridgehead atoms. The third kappa shape index (κ3) is 2.81. The van der Waals surface area contributed by atoms with Crippen LogP contribution in [0.5, 0.6) is 5.75 Å². The third-order valence-corrected chi connectivity index (χ3v) is 4.34. The summed E-state index contributed by atoms with van der Waals surface area (Å²) in [4.78, 5) is 0. The van der Waals surface area contributed by atoms with Gasteiger partial charge in [-0.1, -0.05) is 32.0 Å². The molecule has 0 spiro atoms. The fourth-order valence-corrected chi connectivity index (χ4v) is 3.11. The van der Waals surface area contributed by atoms with Crippen molar-refractivity contribution in [2.75, 3.05) is 13.7 Å². The first-order valence-electron chi connectivity index (χ1n) is 7.25. The Bertz CT molecular complexity index is 492. The Labute approximate surface area is 121 Å². The maximum atomic E-state index is 9.30. The maximum Gasteiger partial charge on any atom is 0.122 e. The molecule has 3 nitrogen and oxygen atoms in total. The van der Waals surface area contributed by atoms with Crippen LogP contribution in [0.15, 0.2) is 24.3 Å². The smallest absolute Gasteiger partial charge is 0.122 e. The van der Waals surface area contributed by atoms with Crippen LogP contribution in [-0.2, 0) is 10.2 Å². The van der Waals surface area contributed by atoms with Crippen molar-refractivity contribution in [2.45, 2.75) is 44.6 Å². The molecule has 0 radical (unpaired) electrons. The summed E-state index contributed by atoms with van der Waals surface area (Å²) in [6.07, 6.45) is 2.49. The number of hydrogen-bond donors (Lipinski definition) is 0. The van der Waals surface area contributed by atoms with Crippen LogP contribution in [0.2, 0.25) is 0 Å². The quantitative estimate of drug-likeness (QED) is 0.840. The molecule has 2 unspecified atom stereocenters. The monoisotopic (exact) mass is 273 g/mol. The molecule has 1 saturated heterocycles. The maximum absolute atomic E-state index is 9.30. The molecule has 108 valence electrons. The first kappa shape index (κ1) is 14.9. The molecule has 1 aromatic carbocycles. The Balaban J connectivity index is 2.41. The van der Waals surface area contributed by atoms with E-state index in [4.69, 9.17) is 9.47 Å². The van der Waals surface area contributed by atoms with Gasteiger partial charge in [0.1, 0.15) is 5.75 Å². The minimum atomic E-state index is -0.144. The molecule has 1 fully saturated rings. The lowest BCUT2D eigenvalue weighted by molar-refractivity contribution is -0.0445. The Morgan fingerprint density at radius 3 is 2.85 bits per heavy atom. The van der Waals surface area contributed by atoms with Gasteiger partial charge in [0.15, 0.2) is 0 Å². The average molecular weight is 273 g/mol. The lowest BCUT2D eigenvalue weighted by Crippen LogP contribution is -2.41. The predicted molar refractivity (Wildman–Crippen MR) is 78.7 cm³/mol. The van der Waals surface area contributed by atoms with Crippen LogP contribution >= 0.6 is 0 Å². The molecule has 20 heavy (non-hydrogen) atoms. The number of nitrogens with zero attached hydrogens (tertiary/aromatic N) is 1. The van der Waals surface area contributed by atoms with Crippen molar-refractivity contribution in [2.24, 2.45) is 5.92 Å². The highest BCUT2D eigenvalue weighted by molar-refractivity contribution is 5.41. The lowest BCUT2D eigenvalue weighted by atomic mass is 9.68. The minimum Gasteiger partial charge on any atom is -0.496 e. The highest BCUT2D eigenvalue weighted by atomic mass is 16.5. The molecular weight excluding hydrogens is 250 g/mol. The van der Waals surface area contributed by atoms with E-state index in [1.54, 1.807) is 7.11 Å². The molecule has 3 heteroatoms. The van der Waals surface area contributed by atoms with Crippen molar-refractivity contribution >= 4 is 0 Å². The van der Waals surface area contributed by atoms with Crippen molar-refractivity contribution in [3.63, 3.8) is 0 Å². The minimum absolute atomic E-state index is 0.144. The molecule has 1 heterocycles. The zero-order valence-electron chi connectivity index (χ0n) is 12.6. The van der Waals surface area contributed by atoms with Crippen molar-refractivity contribution < 1.29 is 9.47 Å². The molecule has 0 saturated carbocycles. The second-order valence-corrected chi connectivity index (χ2v) is 5.92. The largest absolute Gasteiger partial charge is 0.496 e. The van der Waals surface area contributed by atoms with Gasteiger partial charge in [0.25, 0.3) is 0 Å². The first-order chi connectivity index (χ1) is 9.63. The van der Waals surface area contributed by atoms with Gasteiger partial charge in [-0.25, -0.2) is 0 Å². The van der Waals surface area contributed by atoms with Crippen molar-refractivity contribution in [1.29, 1.82) is 5.26 Å². The number of benzene rings is 1. The summed E-state index contributed by atoms with van der Waals surface area (Å²) in [5.74, 6) is 1.34. The summed E-state index contributed by atoms with van der Waals surface area (Å²) in [6, 6.07) is 10.5. The Hall–Kier alpha value is -1.53. The number of hydrogen-bond acceptors (Lipinski definition) is 3. The second kappa shape index (κ2) is 6.28. The summed E-state index contributed by atoms with van der Waals surface area (Å²) in [5.41, 5.74) is 1.01. The van der Waals surface area contributed by atoms with Gasteiger partial charge < -0.3 is 9.47 Å². The van der Waals surface area contributed by atoms with E-state index in [9.17, 15) is 5.26 Å². The number of nitriles is 1. The topological polar surface area (TPSA) is 42.2 Å². The number of rotatable bonds is 4. The highest BCUT2D eigenvalue weighted by Crippen LogP contribution is 2.44. The van der Waals surface area contributed by atoms with Crippen LogP contribution < -0.4 is 4.74 Å². The van der Waals surface area contributed by atoms with Crippen LogP contribution in [0, 0.1) is 17.2 Å². The lowest BCUT2D eigenvalue weighted by Gasteiger charge is -2.42. The zero-order chi connectivity index (χ0) is 14.6. The fraction of sp³-hybridized carbons (Fsp3) is 0.588. The van der Waals surface area contributed by atoms with Crippen LogP contribution in [0.3, 0.4) is 0 Å². The third-order valence-electron chi connectivity index (χ3n) is 4.34. The second-order valence-electron chi connectivity index (χ2n) is 5.92. The van der Waals surface area contributed by atoms with Gasteiger partial charge in [-0.05, 0) is 24.8 Å². The number of methoxy groups -OCH3 is 1. The van der Waals surface area contributed by atoms with Gasteiger partial charge in [-0.15, -0.1) is 0 Å². The average Bonchev–Trinajstić information content (AvgIpc) is 2.47. The molecule has 0 aliphatic carbocycles. The van der Waals surface area contributed by atoms with Crippen molar-refractivity contribution in [3.8, 4) is 11.8 Å². The summed E-state index contributed by atoms with van der Waals surface area (Å²) in [7, 11) is 1.69. The van der Waals surface area contributed by atoms with Gasteiger partial charge in [0, 0.05) is 24.0 Å². The number of ether oxygens (including phenoxy) is 2. The van der Waals surface area contributed by atoms with E-state index in [1.165, 1.54) is 0 Å². The van der Waals surface area contributed by atoms with E-state index in [1.807, 2.05) is 18.2 Å². The molecule has 0 amide bonds. The van der Waals surface area contributed by atoms with Crippen LogP contribution in [0.25, 0.3) is 0 Å². The molecular formula is C17H23NO2. The van der Waals surface area contributed by atoms with E-state index in [-0.39, 0.29) is 11.5 Å². The summed E-state index contributed by atoms with van der Waals surface area (Å²) >= 11 is 0. The Morgan fingerprint density at radius 2 is 2.20 bits per heavy atom. The van der Waals surface area contributed by atoms with Gasteiger partial charge >= 0.3 is 0 Å². The highest BCUT2D eigenvalue weighted by Gasteiger charge is 2.41. The van der Waals surface area contributed by atoms with Gasteiger partial charge in [-0.2, -0.15) is 5.26 Å². The predicted octanol–water partition coefficient (Wildman–Crippen LogP) is 3.68. The summed E-state index contributed by atoms with van der Waals surface area (Å²) < 4.78 is 11.4. The normalized spacial score (nSPS) is 26.2. The molecule has 2 atom stereocenters. The fourth-order valence-electron chi connectivity index (χ4n) is 3.11. The standard InChI is InChI=1S/C17H23NO2/c1-13(2)16-12-17(8-10-18,9-11-20-16)14-6-4-5-7-15(14)19-3/h4-7,13,16H,8-9,11-12H2,1-3H3. The van der Waals surface area contributed by atoms with Gasteiger partial charge in [0.2, 0.25) is 0 Å². The summed E-state index contributed by atoms with van der Waals surface area (Å²) in [5, 5.41) is 9.30. The van der Waals surface area contributed by atoms with E-state index < -0.39 is 0 Å². The number of para-hydroxylation sites is 1. The molecule has 1 aliphatic heterocycles. The Morgan fingerprint density at radius 1 is 1.45 bits per heavy atom. The molecule has 1 aliphatic rings. The van der Waals surface area contributed by atoms with E-state index >= 15 is 0 Å². The summed E-state index contributed by atoms with van der Waals surface area (Å²) in [6.45, 7) is 5.06. The van der Waals surface area contributed by atoms with Crippen LogP contribution in [-0.4, -0.2) is 19.8 Å². The Kier molecular flexibility index (Phi) is 4.67. The zero-order valence-corrected chi connectivity index (χ0v) is 12.6. The van der Waals surface area contributed by atoms with Gasteiger partial charge in [-0.3, -0.25) is 0 Å². The first-order valence-corrected chi connectivity index (χ1v) is 7.25. The van der Waals surface area contributed by atoms with E-state index in [0.717, 1.165) is 24.2 Å². The SMILES string of the molecule is COc1ccccc1C1(CC#N)CCOC(C(C)C)C1. The van der Waals surface area contributed by atoms with Crippen LogP contribution in [0.1, 0.15) is 38.7 Å². The van der Waals surface area contributed by atoms with Crippen molar-refractivity contribution in [3.05, 3.63) is 29.8 Å². The van der Waals surface area contributed by atoms with E-state index in [0.29, 0.717) is 18.9 Å². The van der Waals surface area contributed by atoms with E-state index in [2.05, 4.69) is 26.0 Å². The van der Waals surface area contributed by atoms with Crippen LogP contribution in [0.4, 0.5) is 0 Å². The molecule has 0 aromatic heterocycles.